The van der Waals surface area contributed by atoms with Crippen LogP contribution in [0.15, 0.2) is 24.3 Å². The van der Waals surface area contributed by atoms with E-state index in [1.165, 1.54) is 0 Å². The van der Waals surface area contributed by atoms with Crippen LogP contribution in [0, 0.1) is 0 Å². The van der Waals surface area contributed by atoms with Crippen molar-refractivity contribution in [2.75, 3.05) is 26.0 Å². The average Bonchev–Trinajstić information content (AvgIpc) is 2.38. The summed E-state index contributed by atoms with van der Waals surface area (Å²) in [4.78, 5) is 25.8. The van der Waals surface area contributed by atoms with E-state index in [-0.39, 0.29) is 17.9 Å². The molecule has 1 aromatic rings. The lowest BCUT2D eigenvalue weighted by Gasteiger charge is -2.18. The molecular weight excluding hydrogens is 266 g/mol. The fourth-order valence-electron chi connectivity index (χ4n) is 2.09. The molecule has 1 atom stereocenters. The van der Waals surface area contributed by atoms with Crippen molar-refractivity contribution in [1.29, 1.82) is 0 Å². The highest BCUT2D eigenvalue weighted by Gasteiger charge is 2.11. The summed E-state index contributed by atoms with van der Waals surface area (Å²) in [7, 11) is 3.93. The number of hydrogen-bond acceptors (Lipinski definition) is 3. The van der Waals surface area contributed by atoms with Gasteiger partial charge >= 0.3 is 0 Å². The Kier molecular flexibility index (Phi) is 6.88. The van der Waals surface area contributed by atoms with Crippen LogP contribution < -0.4 is 10.6 Å². The lowest BCUT2D eigenvalue weighted by molar-refractivity contribution is -0.116. The van der Waals surface area contributed by atoms with Crippen molar-refractivity contribution in [2.45, 2.75) is 32.7 Å². The Morgan fingerprint density at radius 1 is 1.29 bits per heavy atom. The summed E-state index contributed by atoms with van der Waals surface area (Å²) < 4.78 is 0. The van der Waals surface area contributed by atoms with Crippen LogP contribution in [0.3, 0.4) is 0 Å². The van der Waals surface area contributed by atoms with Crippen molar-refractivity contribution in [3.63, 3.8) is 0 Å². The molecule has 0 aliphatic carbocycles. The van der Waals surface area contributed by atoms with Gasteiger partial charge in [-0.1, -0.05) is 13.0 Å². The smallest absolute Gasteiger partial charge is 0.251 e. The highest BCUT2D eigenvalue weighted by molar-refractivity contribution is 5.97. The van der Waals surface area contributed by atoms with E-state index in [1.807, 2.05) is 32.8 Å². The molecule has 116 valence electrons. The minimum Gasteiger partial charge on any atom is -0.348 e. The first kappa shape index (κ1) is 17.2. The molecule has 0 fully saturated rings. The van der Waals surface area contributed by atoms with Gasteiger partial charge in [0.25, 0.3) is 5.91 Å². The van der Waals surface area contributed by atoms with Crippen LogP contribution in [0.5, 0.6) is 0 Å². The number of likely N-dealkylation sites (N-methyl/N-ethyl adjacent to an activating group) is 1. The minimum atomic E-state index is -0.129. The van der Waals surface area contributed by atoms with Gasteiger partial charge < -0.3 is 15.5 Å². The SMILES string of the molecule is CCCC(=O)Nc1cccc(C(=O)N[C@H](C)CN(C)C)c1. The number of rotatable bonds is 7. The molecule has 0 saturated carbocycles. The van der Waals surface area contributed by atoms with E-state index in [2.05, 4.69) is 10.6 Å². The van der Waals surface area contributed by atoms with Gasteiger partial charge in [0.05, 0.1) is 0 Å². The van der Waals surface area contributed by atoms with Gasteiger partial charge in [-0.15, -0.1) is 0 Å². The number of anilines is 1. The average molecular weight is 291 g/mol. The van der Waals surface area contributed by atoms with Gasteiger partial charge in [0.2, 0.25) is 5.91 Å². The van der Waals surface area contributed by atoms with Crippen LogP contribution in [0.4, 0.5) is 5.69 Å². The van der Waals surface area contributed by atoms with Gasteiger partial charge in [-0.25, -0.2) is 0 Å². The second-order valence-corrected chi connectivity index (χ2v) is 5.52. The molecule has 0 aromatic heterocycles. The van der Waals surface area contributed by atoms with Gasteiger partial charge in [0.1, 0.15) is 0 Å². The van der Waals surface area contributed by atoms with Gasteiger partial charge in [0.15, 0.2) is 0 Å². The summed E-state index contributed by atoms with van der Waals surface area (Å²) >= 11 is 0. The van der Waals surface area contributed by atoms with Crippen molar-refractivity contribution >= 4 is 17.5 Å². The molecule has 1 rings (SSSR count). The Hall–Kier alpha value is -1.88. The Bertz CT molecular complexity index is 486. The summed E-state index contributed by atoms with van der Waals surface area (Å²) in [5.41, 5.74) is 1.20. The topological polar surface area (TPSA) is 61.4 Å². The van der Waals surface area contributed by atoms with E-state index < -0.39 is 0 Å². The molecule has 0 aliphatic heterocycles. The highest BCUT2D eigenvalue weighted by atomic mass is 16.2. The molecule has 0 heterocycles. The number of nitrogens with one attached hydrogen (secondary N) is 2. The first-order valence-electron chi connectivity index (χ1n) is 7.28. The van der Waals surface area contributed by atoms with E-state index in [0.717, 1.165) is 13.0 Å². The summed E-state index contributed by atoms with van der Waals surface area (Å²) in [5, 5.41) is 5.74. The summed E-state index contributed by atoms with van der Waals surface area (Å²) in [5.74, 6) is -0.160. The minimum absolute atomic E-state index is 0.0315. The number of hydrogen-bond donors (Lipinski definition) is 2. The van der Waals surface area contributed by atoms with Gasteiger partial charge in [-0.3, -0.25) is 9.59 Å². The zero-order valence-corrected chi connectivity index (χ0v) is 13.3. The van der Waals surface area contributed by atoms with Crippen LogP contribution in [-0.2, 0) is 4.79 Å². The third-order valence-electron chi connectivity index (χ3n) is 2.90. The fourth-order valence-corrected chi connectivity index (χ4v) is 2.09. The maximum absolute atomic E-state index is 12.2. The van der Waals surface area contributed by atoms with Crippen molar-refractivity contribution < 1.29 is 9.59 Å². The number of benzene rings is 1. The van der Waals surface area contributed by atoms with E-state index in [4.69, 9.17) is 0 Å². The van der Waals surface area contributed by atoms with E-state index in [9.17, 15) is 9.59 Å². The summed E-state index contributed by atoms with van der Waals surface area (Å²) in [6.07, 6.45) is 1.28. The molecule has 5 nitrogen and oxygen atoms in total. The lowest BCUT2D eigenvalue weighted by atomic mass is 10.1. The molecule has 0 aliphatic rings. The Morgan fingerprint density at radius 2 is 2.00 bits per heavy atom. The maximum Gasteiger partial charge on any atom is 0.251 e. The molecule has 0 bridgehead atoms. The first-order valence-corrected chi connectivity index (χ1v) is 7.28. The van der Waals surface area contributed by atoms with E-state index in [0.29, 0.717) is 17.7 Å². The fraction of sp³-hybridized carbons (Fsp3) is 0.500. The predicted molar refractivity (Wildman–Crippen MR) is 85.5 cm³/mol. The van der Waals surface area contributed by atoms with Crippen LogP contribution in [0.2, 0.25) is 0 Å². The van der Waals surface area contributed by atoms with Gasteiger partial charge in [0, 0.05) is 30.3 Å². The Balaban J connectivity index is 2.66. The zero-order valence-electron chi connectivity index (χ0n) is 13.3. The lowest BCUT2D eigenvalue weighted by Crippen LogP contribution is -2.39. The zero-order chi connectivity index (χ0) is 15.8. The van der Waals surface area contributed by atoms with Gasteiger partial charge in [-0.2, -0.15) is 0 Å². The molecule has 2 N–H and O–H groups in total. The number of carbonyl (C=O) groups excluding carboxylic acids is 2. The largest absolute Gasteiger partial charge is 0.348 e. The Labute approximate surface area is 126 Å². The second kappa shape index (κ2) is 8.42. The molecule has 1 aromatic carbocycles. The third kappa shape index (κ3) is 6.40. The monoisotopic (exact) mass is 291 g/mol. The van der Waals surface area contributed by atoms with Crippen LogP contribution >= 0.6 is 0 Å². The number of nitrogens with zero attached hydrogens (tertiary/aromatic N) is 1. The Morgan fingerprint density at radius 3 is 2.62 bits per heavy atom. The number of amides is 2. The van der Waals surface area contributed by atoms with Crippen molar-refractivity contribution in [3.8, 4) is 0 Å². The molecule has 2 amide bonds. The normalized spacial score (nSPS) is 12.0. The quantitative estimate of drug-likeness (QED) is 0.809. The van der Waals surface area contributed by atoms with Crippen LogP contribution in [0.25, 0.3) is 0 Å². The van der Waals surface area contributed by atoms with E-state index in [1.54, 1.807) is 24.3 Å². The highest BCUT2D eigenvalue weighted by Crippen LogP contribution is 2.11. The molecule has 5 heteroatoms. The molecular formula is C16H25N3O2. The second-order valence-electron chi connectivity index (χ2n) is 5.52. The maximum atomic E-state index is 12.2. The van der Waals surface area contributed by atoms with Crippen LogP contribution in [0.1, 0.15) is 37.0 Å². The van der Waals surface area contributed by atoms with Gasteiger partial charge in [-0.05, 0) is 45.6 Å². The molecule has 0 unspecified atom stereocenters. The predicted octanol–water partition coefficient (Wildman–Crippen LogP) is 2.11. The standard InChI is InChI=1S/C16H25N3O2/c1-5-7-15(20)18-14-9-6-8-13(10-14)16(21)17-12(2)11-19(3)4/h6,8-10,12H,5,7,11H2,1-4H3,(H,17,21)(H,18,20)/t12-/m1/s1. The molecule has 0 spiro atoms. The summed E-state index contributed by atoms with van der Waals surface area (Å²) in [6, 6.07) is 7.06. The van der Waals surface area contributed by atoms with E-state index >= 15 is 0 Å². The van der Waals surface area contributed by atoms with Crippen molar-refractivity contribution in [2.24, 2.45) is 0 Å². The summed E-state index contributed by atoms with van der Waals surface area (Å²) in [6.45, 7) is 4.69. The number of carbonyl (C=O) groups is 2. The first-order chi connectivity index (χ1) is 9.92. The molecule has 0 saturated heterocycles. The third-order valence-corrected chi connectivity index (χ3v) is 2.90. The van der Waals surface area contributed by atoms with Crippen molar-refractivity contribution in [3.05, 3.63) is 29.8 Å². The molecule has 0 radical (unpaired) electrons. The van der Waals surface area contributed by atoms with Crippen molar-refractivity contribution in [1.82, 2.24) is 10.2 Å². The molecule has 21 heavy (non-hydrogen) atoms. The van der Waals surface area contributed by atoms with Crippen LogP contribution in [-0.4, -0.2) is 43.4 Å².